The summed E-state index contributed by atoms with van der Waals surface area (Å²) in [6.45, 7) is 6.75. The molecule has 4 heteroatoms. The average Bonchev–Trinajstić information content (AvgIpc) is 2.17. The number of esters is 2. The maximum absolute atomic E-state index is 11.7. The maximum Gasteiger partial charge on any atom is 0.310 e. The summed E-state index contributed by atoms with van der Waals surface area (Å²) >= 11 is 0. The van der Waals surface area contributed by atoms with E-state index >= 15 is 0 Å². The van der Waals surface area contributed by atoms with Crippen molar-refractivity contribution in [3.05, 3.63) is 29.8 Å². The summed E-state index contributed by atoms with van der Waals surface area (Å²) in [5.74, 6) is -0.357. The Morgan fingerprint density at radius 1 is 1.17 bits per heavy atom. The molecule has 0 aromatic heterocycles. The molecular formula is C14H18O4. The molecule has 4 nitrogen and oxygen atoms in total. The van der Waals surface area contributed by atoms with Crippen molar-refractivity contribution in [1.82, 2.24) is 0 Å². The molecule has 1 aromatic carbocycles. The van der Waals surface area contributed by atoms with Gasteiger partial charge in [0.25, 0.3) is 0 Å². The number of ether oxygens (including phenoxy) is 2. The largest absolute Gasteiger partial charge is 0.460 e. The molecule has 18 heavy (non-hydrogen) atoms. The standard InChI is InChI=1S/C14H18O4/c1-10(15)17-12-8-6-5-7-11(12)9-13(16)18-14(2,3)4/h5-8H,9H2,1-4H3. The molecule has 0 fully saturated rings. The van der Waals surface area contributed by atoms with Crippen LogP contribution in [0.15, 0.2) is 24.3 Å². The van der Waals surface area contributed by atoms with Gasteiger partial charge in [-0.1, -0.05) is 18.2 Å². The Bertz CT molecular complexity index is 443. The molecule has 0 saturated heterocycles. The first-order valence-electron chi connectivity index (χ1n) is 5.76. The van der Waals surface area contributed by atoms with Crippen molar-refractivity contribution < 1.29 is 19.1 Å². The predicted octanol–water partition coefficient (Wildman–Crippen LogP) is 2.50. The van der Waals surface area contributed by atoms with Crippen LogP contribution in [0.4, 0.5) is 0 Å². The van der Waals surface area contributed by atoms with E-state index in [0.717, 1.165) is 0 Å². The van der Waals surface area contributed by atoms with Crippen LogP contribution in [-0.4, -0.2) is 17.5 Å². The second kappa shape index (κ2) is 5.67. The van der Waals surface area contributed by atoms with E-state index in [1.807, 2.05) is 20.8 Å². The molecule has 1 rings (SSSR count). The molecule has 0 saturated carbocycles. The van der Waals surface area contributed by atoms with Crippen molar-refractivity contribution >= 4 is 11.9 Å². The number of para-hydroxylation sites is 1. The molecule has 1 aromatic rings. The lowest BCUT2D eigenvalue weighted by atomic mass is 10.1. The SMILES string of the molecule is CC(=O)Oc1ccccc1CC(=O)OC(C)(C)C. The highest BCUT2D eigenvalue weighted by atomic mass is 16.6. The molecule has 0 aliphatic carbocycles. The zero-order valence-corrected chi connectivity index (χ0v) is 11.1. The molecule has 0 spiro atoms. The minimum atomic E-state index is -0.520. The van der Waals surface area contributed by atoms with E-state index in [9.17, 15) is 9.59 Å². The van der Waals surface area contributed by atoms with E-state index < -0.39 is 11.6 Å². The van der Waals surface area contributed by atoms with E-state index in [2.05, 4.69) is 0 Å². The van der Waals surface area contributed by atoms with Gasteiger partial charge in [0.15, 0.2) is 0 Å². The normalized spacial score (nSPS) is 10.9. The first-order valence-corrected chi connectivity index (χ1v) is 5.76. The van der Waals surface area contributed by atoms with Gasteiger partial charge in [0.1, 0.15) is 11.4 Å². The Labute approximate surface area is 107 Å². The summed E-state index contributed by atoms with van der Waals surface area (Å²) in [6, 6.07) is 6.92. The Kier molecular flexibility index (Phi) is 4.48. The van der Waals surface area contributed by atoms with Crippen LogP contribution in [0, 0.1) is 0 Å². The third-order valence-electron chi connectivity index (χ3n) is 1.98. The number of hydrogen-bond acceptors (Lipinski definition) is 4. The van der Waals surface area contributed by atoms with Crippen LogP contribution < -0.4 is 4.74 Å². The summed E-state index contributed by atoms with van der Waals surface area (Å²) in [5.41, 5.74) is 0.120. The van der Waals surface area contributed by atoms with Crippen LogP contribution in [0.2, 0.25) is 0 Å². The molecule has 0 heterocycles. The van der Waals surface area contributed by atoms with Crippen LogP contribution in [0.25, 0.3) is 0 Å². The lowest BCUT2D eigenvalue weighted by Crippen LogP contribution is -2.25. The van der Waals surface area contributed by atoms with Gasteiger partial charge in [0.2, 0.25) is 0 Å². The van der Waals surface area contributed by atoms with Crippen LogP contribution in [0.3, 0.4) is 0 Å². The van der Waals surface area contributed by atoms with Gasteiger partial charge in [-0.15, -0.1) is 0 Å². The molecule has 0 amide bonds. The Balaban J connectivity index is 2.78. The van der Waals surface area contributed by atoms with Crippen LogP contribution in [-0.2, 0) is 20.7 Å². The lowest BCUT2D eigenvalue weighted by molar-refractivity contribution is -0.154. The van der Waals surface area contributed by atoms with Gasteiger partial charge >= 0.3 is 11.9 Å². The summed E-state index contributed by atoms with van der Waals surface area (Å²) in [4.78, 5) is 22.6. The van der Waals surface area contributed by atoms with E-state index in [0.29, 0.717) is 11.3 Å². The summed E-state index contributed by atoms with van der Waals surface area (Å²) < 4.78 is 10.3. The van der Waals surface area contributed by atoms with E-state index in [1.54, 1.807) is 24.3 Å². The van der Waals surface area contributed by atoms with Gasteiger partial charge in [0.05, 0.1) is 6.42 Å². The molecular weight excluding hydrogens is 232 g/mol. The van der Waals surface area contributed by atoms with Gasteiger partial charge in [-0.25, -0.2) is 0 Å². The van der Waals surface area contributed by atoms with Gasteiger partial charge in [0, 0.05) is 12.5 Å². The summed E-state index contributed by atoms with van der Waals surface area (Å²) in [5, 5.41) is 0. The second-order valence-electron chi connectivity index (χ2n) is 4.96. The number of carbonyl (C=O) groups is 2. The van der Waals surface area contributed by atoms with E-state index in [4.69, 9.17) is 9.47 Å². The highest BCUT2D eigenvalue weighted by Crippen LogP contribution is 2.20. The van der Waals surface area contributed by atoms with Gasteiger partial charge < -0.3 is 9.47 Å². The molecule has 98 valence electrons. The Morgan fingerprint density at radius 2 is 1.78 bits per heavy atom. The highest BCUT2D eigenvalue weighted by Gasteiger charge is 2.18. The van der Waals surface area contributed by atoms with Crippen molar-refractivity contribution in [2.45, 2.75) is 39.7 Å². The first-order chi connectivity index (χ1) is 8.28. The summed E-state index contributed by atoms with van der Waals surface area (Å²) in [6.07, 6.45) is 0.0841. The predicted molar refractivity (Wildman–Crippen MR) is 67.3 cm³/mol. The van der Waals surface area contributed by atoms with E-state index in [1.165, 1.54) is 6.92 Å². The van der Waals surface area contributed by atoms with Gasteiger partial charge in [-0.2, -0.15) is 0 Å². The molecule has 0 radical (unpaired) electrons. The zero-order valence-electron chi connectivity index (χ0n) is 11.1. The number of rotatable bonds is 3. The van der Waals surface area contributed by atoms with Crippen molar-refractivity contribution in [1.29, 1.82) is 0 Å². The van der Waals surface area contributed by atoms with Crippen molar-refractivity contribution in [3.63, 3.8) is 0 Å². The molecule has 0 unspecified atom stereocenters. The first kappa shape index (κ1) is 14.2. The molecule has 0 aliphatic rings. The second-order valence-corrected chi connectivity index (χ2v) is 4.96. The summed E-state index contributed by atoms with van der Waals surface area (Å²) in [7, 11) is 0. The third kappa shape index (κ3) is 4.99. The fourth-order valence-electron chi connectivity index (χ4n) is 1.44. The minimum absolute atomic E-state index is 0.0841. The van der Waals surface area contributed by atoms with Gasteiger partial charge in [-0.3, -0.25) is 9.59 Å². The average molecular weight is 250 g/mol. The molecule has 0 aliphatic heterocycles. The Hall–Kier alpha value is -1.84. The van der Waals surface area contributed by atoms with Gasteiger partial charge in [-0.05, 0) is 26.8 Å². The van der Waals surface area contributed by atoms with Crippen LogP contribution in [0.1, 0.15) is 33.3 Å². The topological polar surface area (TPSA) is 52.6 Å². The third-order valence-corrected chi connectivity index (χ3v) is 1.98. The Morgan fingerprint density at radius 3 is 2.33 bits per heavy atom. The van der Waals surface area contributed by atoms with Crippen molar-refractivity contribution in [2.24, 2.45) is 0 Å². The minimum Gasteiger partial charge on any atom is -0.460 e. The lowest BCUT2D eigenvalue weighted by Gasteiger charge is -2.19. The maximum atomic E-state index is 11.7. The number of hydrogen-bond donors (Lipinski definition) is 0. The van der Waals surface area contributed by atoms with E-state index in [-0.39, 0.29) is 12.4 Å². The van der Waals surface area contributed by atoms with Crippen LogP contribution in [0.5, 0.6) is 5.75 Å². The monoisotopic (exact) mass is 250 g/mol. The molecule has 0 atom stereocenters. The highest BCUT2D eigenvalue weighted by molar-refractivity contribution is 5.75. The molecule has 0 bridgehead atoms. The quantitative estimate of drug-likeness (QED) is 0.611. The smallest absolute Gasteiger partial charge is 0.310 e. The van der Waals surface area contributed by atoms with Crippen molar-refractivity contribution in [2.75, 3.05) is 0 Å². The number of benzene rings is 1. The fourth-order valence-corrected chi connectivity index (χ4v) is 1.44. The molecule has 0 N–H and O–H groups in total. The van der Waals surface area contributed by atoms with Crippen molar-refractivity contribution in [3.8, 4) is 5.75 Å². The zero-order chi connectivity index (χ0) is 13.8. The fraction of sp³-hybridized carbons (Fsp3) is 0.429. The number of carbonyl (C=O) groups excluding carboxylic acids is 2. The van der Waals surface area contributed by atoms with Crippen LogP contribution >= 0.6 is 0 Å².